The number of benzene rings is 2. The Morgan fingerprint density at radius 2 is 2.09 bits per heavy atom. The van der Waals surface area contributed by atoms with E-state index in [9.17, 15) is 0 Å². The maximum atomic E-state index is 6.38. The third-order valence-corrected chi connectivity index (χ3v) is 5.18. The fourth-order valence-corrected chi connectivity index (χ4v) is 4.01. The van der Waals surface area contributed by atoms with Gasteiger partial charge in [-0.15, -0.1) is 0 Å². The Hall–Kier alpha value is -1.42. The van der Waals surface area contributed by atoms with Gasteiger partial charge in [-0.3, -0.25) is 0 Å². The molecule has 0 unspecified atom stereocenters. The second-order valence-electron chi connectivity index (χ2n) is 5.98. The van der Waals surface area contributed by atoms with Crippen molar-refractivity contribution in [2.24, 2.45) is 0 Å². The molecule has 0 radical (unpaired) electrons. The molecule has 2 heterocycles. The predicted octanol–water partition coefficient (Wildman–Crippen LogP) is 4.51. The Labute approximate surface area is 145 Å². The zero-order valence-corrected chi connectivity index (χ0v) is 14.2. The number of fused-ring (bicyclic) bond motifs is 3. The molecular formula is C18H17Cl2NO2. The van der Waals surface area contributed by atoms with E-state index in [2.05, 4.69) is 11.4 Å². The minimum atomic E-state index is 0.232. The first kappa shape index (κ1) is 15.1. The summed E-state index contributed by atoms with van der Waals surface area (Å²) in [5, 5.41) is 4.72. The molecule has 0 amide bonds. The molecule has 0 aromatic heterocycles. The van der Waals surface area contributed by atoms with Crippen molar-refractivity contribution in [3.05, 3.63) is 45.9 Å². The third-order valence-electron chi connectivity index (χ3n) is 4.63. The highest BCUT2D eigenvalue weighted by atomic mass is 35.5. The summed E-state index contributed by atoms with van der Waals surface area (Å²) in [5.74, 6) is 2.00. The van der Waals surface area contributed by atoms with Gasteiger partial charge in [-0.1, -0.05) is 29.3 Å². The van der Waals surface area contributed by atoms with Crippen LogP contribution in [0.4, 0.5) is 0 Å². The van der Waals surface area contributed by atoms with Crippen molar-refractivity contribution < 1.29 is 9.47 Å². The average Bonchev–Trinajstić information content (AvgIpc) is 2.92. The molecule has 3 nitrogen and oxygen atoms in total. The molecule has 120 valence electrons. The number of hydrogen-bond donors (Lipinski definition) is 1. The maximum absolute atomic E-state index is 6.38. The van der Waals surface area contributed by atoms with E-state index >= 15 is 0 Å². The minimum Gasteiger partial charge on any atom is -0.493 e. The molecule has 0 spiro atoms. The predicted molar refractivity (Wildman–Crippen MR) is 93.1 cm³/mol. The molecule has 2 atom stereocenters. The van der Waals surface area contributed by atoms with Gasteiger partial charge in [0, 0.05) is 33.6 Å². The minimum absolute atomic E-state index is 0.232. The fourth-order valence-electron chi connectivity index (χ4n) is 3.49. The van der Waals surface area contributed by atoms with Crippen molar-refractivity contribution in [1.82, 2.24) is 5.32 Å². The summed E-state index contributed by atoms with van der Waals surface area (Å²) >= 11 is 12.4. The molecule has 2 aliphatic rings. The lowest BCUT2D eigenvalue weighted by molar-refractivity contribution is 0.168. The average molecular weight is 350 g/mol. The van der Waals surface area contributed by atoms with E-state index < -0.39 is 0 Å². The smallest absolute Gasteiger partial charge is 0.165 e. The highest BCUT2D eigenvalue weighted by Crippen LogP contribution is 2.48. The fraction of sp³-hybridized carbons (Fsp3) is 0.333. The summed E-state index contributed by atoms with van der Waals surface area (Å²) in [6.07, 6.45) is 1.25. The van der Waals surface area contributed by atoms with Crippen LogP contribution in [0.3, 0.4) is 0 Å². The van der Waals surface area contributed by atoms with E-state index in [4.69, 9.17) is 32.7 Å². The zero-order chi connectivity index (χ0) is 16.0. The van der Waals surface area contributed by atoms with Crippen LogP contribution in [0.15, 0.2) is 30.3 Å². The molecule has 1 fully saturated rings. The van der Waals surface area contributed by atoms with Gasteiger partial charge in [0.25, 0.3) is 0 Å². The number of halogens is 2. The Morgan fingerprint density at radius 1 is 1.22 bits per heavy atom. The zero-order valence-electron chi connectivity index (χ0n) is 12.7. The monoisotopic (exact) mass is 349 g/mol. The Balaban J connectivity index is 1.84. The molecule has 2 aromatic carbocycles. The first-order chi connectivity index (χ1) is 11.2. The van der Waals surface area contributed by atoms with Crippen LogP contribution in [0.25, 0.3) is 11.1 Å². The SMILES string of the molecule is COc1cc(-c2ccc(Cl)cc2Cl)cc2c1O[C@H]1CCNC[C@@H]21. The highest BCUT2D eigenvalue weighted by molar-refractivity contribution is 6.36. The molecular weight excluding hydrogens is 333 g/mol. The van der Waals surface area contributed by atoms with Crippen LogP contribution >= 0.6 is 23.2 Å². The summed E-state index contributed by atoms with van der Waals surface area (Å²) in [4.78, 5) is 0. The molecule has 0 bridgehead atoms. The number of hydrogen-bond acceptors (Lipinski definition) is 3. The maximum Gasteiger partial charge on any atom is 0.165 e. The second-order valence-corrected chi connectivity index (χ2v) is 6.82. The molecule has 2 aliphatic heterocycles. The van der Waals surface area contributed by atoms with Crippen LogP contribution in [0.2, 0.25) is 10.0 Å². The first-order valence-electron chi connectivity index (χ1n) is 7.72. The van der Waals surface area contributed by atoms with Gasteiger partial charge in [-0.2, -0.15) is 0 Å². The van der Waals surface area contributed by atoms with E-state index in [1.54, 1.807) is 13.2 Å². The third kappa shape index (κ3) is 2.57. The number of methoxy groups -OCH3 is 1. The molecule has 23 heavy (non-hydrogen) atoms. The van der Waals surface area contributed by atoms with E-state index in [-0.39, 0.29) is 6.10 Å². The van der Waals surface area contributed by atoms with Crippen LogP contribution in [0.5, 0.6) is 11.5 Å². The van der Waals surface area contributed by atoms with Crippen molar-refractivity contribution in [2.75, 3.05) is 20.2 Å². The largest absolute Gasteiger partial charge is 0.493 e. The van der Waals surface area contributed by atoms with Crippen molar-refractivity contribution in [1.29, 1.82) is 0 Å². The molecule has 1 N–H and O–H groups in total. The summed E-state index contributed by atoms with van der Waals surface area (Å²) in [7, 11) is 1.67. The van der Waals surface area contributed by atoms with Crippen molar-refractivity contribution in [2.45, 2.75) is 18.4 Å². The van der Waals surface area contributed by atoms with Crippen molar-refractivity contribution in [3.63, 3.8) is 0 Å². The van der Waals surface area contributed by atoms with E-state index in [1.165, 1.54) is 5.56 Å². The summed E-state index contributed by atoms with van der Waals surface area (Å²) in [6, 6.07) is 9.71. The van der Waals surface area contributed by atoms with Crippen LogP contribution < -0.4 is 14.8 Å². The lowest BCUT2D eigenvalue weighted by atomic mass is 9.89. The highest BCUT2D eigenvalue weighted by Gasteiger charge is 2.38. The van der Waals surface area contributed by atoms with E-state index in [1.807, 2.05) is 18.2 Å². The van der Waals surface area contributed by atoms with Crippen LogP contribution in [0.1, 0.15) is 17.9 Å². The van der Waals surface area contributed by atoms with Gasteiger partial charge < -0.3 is 14.8 Å². The van der Waals surface area contributed by atoms with Gasteiger partial charge in [0.05, 0.1) is 7.11 Å². The van der Waals surface area contributed by atoms with E-state index in [0.29, 0.717) is 16.0 Å². The molecule has 2 aromatic rings. The van der Waals surface area contributed by atoms with Gasteiger partial charge in [-0.05, 0) is 42.8 Å². The molecule has 1 saturated heterocycles. The molecule has 5 heteroatoms. The normalized spacial score (nSPS) is 22.2. The van der Waals surface area contributed by atoms with Crippen LogP contribution in [0, 0.1) is 0 Å². The van der Waals surface area contributed by atoms with Crippen molar-refractivity contribution >= 4 is 23.2 Å². The molecule has 4 rings (SSSR count). The van der Waals surface area contributed by atoms with Gasteiger partial charge >= 0.3 is 0 Å². The topological polar surface area (TPSA) is 30.5 Å². The molecule has 0 saturated carbocycles. The van der Waals surface area contributed by atoms with Crippen LogP contribution in [-0.2, 0) is 0 Å². The number of piperidine rings is 1. The van der Waals surface area contributed by atoms with E-state index in [0.717, 1.165) is 42.1 Å². The van der Waals surface area contributed by atoms with Gasteiger partial charge in [0.1, 0.15) is 6.10 Å². The first-order valence-corrected chi connectivity index (χ1v) is 8.47. The van der Waals surface area contributed by atoms with Crippen molar-refractivity contribution in [3.8, 4) is 22.6 Å². The van der Waals surface area contributed by atoms with Gasteiger partial charge in [0.15, 0.2) is 11.5 Å². The van der Waals surface area contributed by atoms with Gasteiger partial charge in [-0.25, -0.2) is 0 Å². The standard InChI is InChI=1S/C18H17Cl2NO2/c1-22-17-7-10(12-3-2-11(19)8-15(12)20)6-13-14-9-21-5-4-16(14)23-18(13)17/h2-3,6-8,14,16,21H,4-5,9H2,1H3/t14-,16-/m0/s1. The van der Waals surface area contributed by atoms with Gasteiger partial charge in [0.2, 0.25) is 0 Å². The Kier molecular flexibility index (Phi) is 3.88. The Morgan fingerprint density at radius 3 is 2.87 bits per heavy atom. The lowest BCUT2D eigenvalue weighted by Crippen LogP contribution is -2.37. The Bertz CT molecular complexity index is 763. The lowest BCUT2D eigenvalue weighted by Gasteiger charge is -2.24. The second kappa shape index (κ2) is 5.90. The molecule has 0 aliphatic carbocycles. The summed E-state index contributed by atoms with van der Waals surface area (Å²) < 4.78 is 11.7. The summed E-state index contributed by atoms with van der Waals surface area (Å²) in [6.45, 7) is 1.92. The number of nitrogens with one attached hydrogen (secondary N) is 1. The summed E-state index contributed by atoms with van der Waals surface area (Å²) in [5.41, 5.74) is 3.17. The number of ether oxygens (including phenoxy) is 2. The quantitative estimate of drug-likeness (QED) is 0.865. The number of rotatable bonds is 2. The van der Waals surface area contributed by atoms with Crippen LogP contribution in [-0.4, -0.2) is 26.3 Å².